The quantitative estimate of drug-likeness (QED) is 0.883. The Balaban J connectivity index is 2.26. The van der Waals surface area contributed by atoms with Crippen molar-refractivity contribution in [1.82, 2.24) is 10.2 Å². The molecule has 0 bridgehead atoms. The lowest BCUT2D eigenvalue weighted by atomic mass is 9.83. The summed E-state index contributed by atoms with van der Waals surface area (Å²) >= 11 is 12.5. The van der Waals surface area contributed by atoms with Crippen molar-refractivity contribution in [2.24, 2.45) is 0 Å². The molecule has 1 aliphatic rings. The van der Waals surface area contributed by atoms with Crippen molar-refractivity contribution in [2.75, 3.05) is 21.1 Å². The number of halogens is 2. The van der Waals surface area contributed by atoms with Crippen LogP contribution in [0.4, 0.5) is 0 Å². The van der Waals surface area contributed by atoms with Crippen LogP contribution in [-0.4, -0.2) is 37.6 Å². The predicted octanol–water partition coefficient (Wildman–Crippen LogP) is 4.00. The van der Waals surface area contributed by atoms with Crippen LogP contribution in [0.1, 0.15) is 31.2 Å². The molecule has 0 amide bonds. The highest BCUT2D eigenvalue weighted by Gasteiger charge is 2.42. The summed E-state index contributed by atoms with van der Waals surface area (Å²) in [4.78, 5) is 2.39. The summed E-state index contributed by atoms with van der Waals surface area (Å²) < 4.78 is 0. The number of likely N-dealkylation sites (N-methyl/N-ethyl adjacent to an activating group) is 2. The van der Waals surface area contributed by atoms with Crippen LogP contribution in [-0.2, 0) is 6.42 Å². The first-order valence-corrected chi connectivity index (χ1v) is 8.04. The Labute approximate surface area is 132 Å². The molecule has 1 aromatic carbocycles. The molecule has 0 aromatic heterocycles. The molecule has 1 N–H and O–H groups in total. The normalized spacial score (nSPS) is 19.5. The maximum absolute atomic E-state index is 6.35. The van der Waals surface area contributed by atoms with Crippen LogP contribution in [0.2, 0.25) is 10.0 Å². The predicted molar refractivity (Wildman–Crippen MR) is 87.9 cm³/mol. The summed E-state index contributed by atoms with van der Waals surface area (Å²) in [5, 5.41) is 4.86. The van der Waals surface area contributed by atoms with E-state index in [4.69, 9.17) is 23.2 Å². The van der Waals surface area contributed by atoms with Crippen LogP contribution >= 0.6 is 23.2 Å². The minimum atomic E-state index is 0.223. The van der Waals surface area contributed by atoms with Crippen LogP contribution in [0.15, 0.2) is 18.2 Å². The highest BCUT2D eigenvalue weighted by molar-refractivity contribution is 6.42. The van der Waals surface area contributed by atoms with Crippen LogP contribution in [0.5, 0.6) is 0 Å². The van der Waals surface area contributed by atoms with Gasteiger partial charge in [0.15, 0.2) is 0 Å². The summed E-state index contributed by atoms with van der Waals surface area (Å²) in [5.41, 5.74) is 1.35. The van der Waals surface area contributed by atoms with E-state index in [2.05, 4.69) is 30.4 Å². The first kappa shape index (κ1) is 16.1. The average Bonchev–Trinajstić information content (AvgIpc) is 2.91. The zero-order chi connectivity index (χ0) is 14.8. The van der Waals surface area contributed by atoms with Gasteiger partial charge in [0.25, 0.3) is 0 Å². The second-order valence-corrected chi connectivity index (χ2v) is 6.75. The number of hydrogen-bond donors (Lipinski definition) is 1. The van der Waals surface area contributed by atoms with Crippen molar-refractivity contribution in [2.45, 2.75) is 43.7 Å². The van der Waals surface area contributed by atoms with Crippen LogP contribution in [0.25, 0.3) is 0 Å². The molecule has 0 saturated heterocycles. The largest absolute Gasteiger partial charge is 0.315 e. The minimum absolute atomic E-state index is 0.223. The van der Waals surface area contributed by atoms with E-state index in [1.165, 1.54) is 25.7 Å². The third kappa shape index (κ3) is 2.99. The smallest absolute Gasteiger partial charge is 0.0624 e. The molecule has 112 valence electrons. The number of hydrogen-bond acceptors (Lipinski definition) is 2. The molecule has 0 radical (unpaired) electrons. The monoisotopic (exact) mass is 314 g/mol. The van der Waals surface area contributed by atoms with Gasteiger partial charge < -0.3 is 10.2 Å². The maximum atomic E-state index is 6.35. The van der Waals surface area contributed by atoms with E-state index in [1.54, 1.807) is 0 Å². The lowest BCUT2D eigenvalue weighted by Gasteiger charge is -2.43. The van der Waals surface area contributed by atoms with Gasteiger partial charge in [0.2, 0.25) is 0 Å². The molecule has 1 unspecified atom stereocenters. The molecule has 1 aliphatic carbocycles. The molecule has 1 atom stereocenters. The Kier molecular flexibility index (Phi) is 5.36. The second kappa shape index (κ2) is 6.65. The molecule has 4 heteroatoms. The topological polar surface area (TPSA) is 15.3 Å². The Morgan fingerprint density at radius 3 is 2.45 bits per heavy atom. The molecule has 1 saturated carbocycles. The number of nitrogens with one attached hydrogen (secondary N) is 1. The fourth-order valence-corrected chi connectivity index (χ4v) is 3.98. The number of benzene rings is 1. The highest BCUT2D eigenvalue weighted by Crippen LogP contribution is 2.38. The zero-order valence-corrected chi connectivity index (χ0v) is 14.1. The summed E-state index contributed by atoms with van der Waals surface area (Å²) in [5.74, 6) is 0. The lowest BCUT2D eigenvalue weighted by Crippen LogP contribution is -2.57. The van der Waals surface area contributed by atoms with Crippen molar-refractivity contribution >= 4 is 23.2 Å². The van der Waals surface area contributed by atoms with Gasteiger partial charge in [-0.3, -0.25) is 0 Å². The van der Waals surface area contributed by atoms with Crippen LogP contribution in [0.3, 0.4) is 0 Å². The Hall–Kier alpha value is -0.280. The van der Waals surface area contributed by atoms with Gasteiger partial charge in [0.05, 0.1) is 10.0 Å². The Morgan fingerprint density at radius 2 is 1.90 bits per heavy atom. The van der Waals surface area contributed by atoms with E-state index in [0.29, 0.717) is 16.1 Å². The first-order chi connectivity index (χ1) is 9.51. The molecule has 0 aliphatic heterocycles. The second-order valence-electron chi connectivity index (χ2n) is 5.96. The standard InChI is InChI=1S/C16H24Cl2N2/c1-19-14(16(20(2)3)9-4-5-10-16)11-12-7-6-8-13(17)15(12)18/h6-8,14,19H,4-5,9-11H2,1-3H3. The zero-order valence-electron chi connectivity index (χ0n) is 12.5. The first-order valence-electron chi connectivity index (χ1n) is 7.29. The molecule has 20 heavy (non-hydrogen) atoms. The van der Waals surface area contributed by atoms with Crippen molar-refractivity contribution in [3.05, 3.63) is 33.8 Å². The molecule has 2 rings (SSSR count). The Morgan fingerprint density at radius 1 is 1.25 bits per heavy atom. The van der Waals surface area contributed by atoms with E-state index in [0.717, 1.165) is 12.0 Å². The number of nitrogens with zero attached hydrogens (tertiary/aromatic N) is 1. The van der Waals surface area contributed by atoms with Gasteiger partial charge in [0.1, 0.15) is 0 Å². The average molecular weight is 315 g/mol. The van der Waals surface area contributed by atoms with E-state index in [1.807, 2.05) is 19.2 Å². The van der Waals surface area contributed by atoms with Crippen LogP contribution < -0.4 is 5.32 Å². The van der Waals surface area contributed by atoms with Crippen molar-refractivity contribution in [3.8, 4) is 0 Å². The summed E-state index contributed by atoms with van der Waals surface area (Å²) in [6.07, 6.45) is 6.00. The van der Waals surface area contributed by atoms with Crippen LogP contribution in [0, 0.1) is 0 Å². The molecule has 1 aromatic rings. The fourth-order valence-electron chi connectivity index (χ4n) is 3.58. The minimum Gasteiger partial charge on any atom is -0.315 e. The highest BCUT2D eigenvalue weighted by atomic mass is 35.5. The summed E-state index contributed by atoms with van der Waals surface area (Å²) in [6.45, 7) is 0. The van der Waals surface area contributed by atoms with Gasteiger partial charge in [-0.25, -0.2) is 0 Å². The van der Waals surface area contributed by atoms with Gasteiger partial charge >= 0.3 is 0 Å². The van der Waals surface area contributed by atoms with Gasteiger partial charge in [-0.15, -0.1) is 0 Å². The summed E-state index contributed by atoms with van der Waals surface area (Å²) in [7, 11) is 6.43. The van der Waals surface area contributed by atoms with E-state index < -0.39 is 0 Å². The Bertz CT molecular complexity index is 454. The van der Waals surface area contributed by atoms with E-state index >= 15 is 0 Å². The fraction of sp³-hybridized carbons (Fsp3) is 0.625. The molecule has 2 nitrogen and oxygen atoms in total. The third-order valence-electron chi connectivity index (χ3n) is 4.81. The SMILES string of the molecule is CNC(Cc1cccc(Cl)c1Cl)C1(N(C)C)CCCC1. The molecule has 0 heterocycles. The van der Waals surface area contributed by atoms with Gasteiger partial charge in [-0.05, 0) is 52.0 Å². The van der Waals surface area contributed by atoms with Gasteiger partial charge in [-0.2, -0.15) is 0 Å². The van der Waals surface area contributed by atoms with Crippen molar-refractivity contribution in [1.29, 1.82) is 0 Å². The van der Waals surface area contributed by atoms with E-state index in [9.17, 15) is 0 Å². The summed E-state index contributed by atoms with van der Waals surface area (Å²) in [6, 6.07) is 6.29. The van der Waals surface area contributed by atoms with Gasteiger partial charge in [-0.1, -0.05) is 48.2 Å². The van der Waals surface area contributed by atoms with Crippen molar-refractivity contribution in [3.63, 3.8) is 0 Å². The maximum Gasteiger partial charge on any atom is 0.0624 e. The van der Waals surface area contributed by atoms with E-state index in [-0.39, 0.29) is 5.54 Å². The van der Waals surface area contributed by atoms with Gasteiger partial charge in [0, 0.05) is 11.6 Å². The third-order valence-corrected chi connectivity index (χ3v) is 5.67. The molecule has 0 spiro atoms. The molecular formula is C16H24Cl2N2. The molecular weight excluding hydrogens is 291 g/mol. The lowest BCUT2D eigenvalue weighted by molar-refractivity contribution is 0.108. The number of rotatable bonds is 5. The molecule has 1 fully saturated rings. The van der Waals surface area contributed by atoms with Crippen molar-refractivity contribution < 1.29 is 0 Å².